The van der Waals surface area contributed by atoms with Crippen molar-refractivity contribution in [2.45, 2.75) is 30.9 Å². The molecule has 0 amide bonds. The van der Waals surface area contributed by atoms with Gasteiger partial charge in [-0.3, -0.25) is 9.09 Å². The molecule has 0 aliphatic rings. The molecule has 3 atom stereocenters. The van der Waals surface area contributed by atoms with E-state index in [1.54, 1.807) is 11.8 Å². The molecule has 0 radical (unpaired) electrons. The third-order valence-electron chi connectivity index (χ3n) is 3.83. The van der Waals surface area contributed by atoms with Crippen molar-refractivity contribution in [3.8, 4) is 11.4 Å². The monoisotopic (exact) mass is 353 g/mol. The molecule has 8 heteroatoms. The summed E-state index contributed by atoms with van der Waals surface area (Å²) in [6.07, 6.45) is 1.14. The van der Waals surface area contributed by atoms with Crippen LogP contribution in [0.5, 0.6) is 0 Å². The first kappa shape index (κ1) is 18.7. The first-order valence-corrected chi connectivity index (χ1v) is 9.02. The Bertz CT molecular complexity index is 669. The predicted molar refractivity (Wildman–Crippen MR) is 94.1 cm³/mol. The van der Waals surface area contributed by atoms with E-state index in [-0.39, 0.29) is 24.4 Å². The van der Waals surface area contributed by atoms with E-state index in [0.717, 1.165) is 5.56 Å². The topological polar surface area (TPSA) is 101 Å². The van der Waals surface area contributed by atoms with Gasteiger partial charge in [0, 0.05) is 23.4 Å². The molecule has 2 aromatic rings. The standard InChI is InChI=1S/C16H23N3O4S/c1-11(14(10-20)24-2)17-8-13(21)9-19-15(18-23-16(19)22)12-6-4-3-5-7-12/h3-7,11,13-14,17,20-21H,8-10H2,1-2H3. The van der Waals surface area contributed by atoms with Crippen molar-refractivity contribution in [1.82, 2.24) is 15.0 Å². The van der Waals surface area contributed by atoms with Gasteiger partial charge in [0.2, 0.25) is 0 Å². The molecule has 2 rings (SSSR count). The van der Waals surface area contributed by atoms with Crippen molar-refractivity contribution in [2.24, 2.45) is 0 Å². The highest BCUT2D eigenvalue weighted by Gasteiger charge is 2.19. The van der Waals surface area contributed by atoms with Gasteiger partial charge in [0.15, 0.2) is 5.82 Å². The lowest BCUT2D eigenvalue weighted by Gasteiger charge is -2.23. The van der Waals surface area contributed by atoms with E-state index in [1.165, 1.54) is 4.57 Å². The normalized spacial score (nSPS) is 15.2. The Morgan fingerprint density at radius 2 is 2.08 bits per heavy atom. The smallest absolute Gasteiger partial charge is 0.395 e. The van der Waals surface area contributed by atoms with Crippen LogP contribution in [-0.2, 0) is 6.54 Å². The molecule has 24 heavy (non-hydrogen) atoms. The summed E-state index contributed by atoms with van der Waals surface area (Å²) in [5.74, 6) is -0.205. The molecular weight excluding hydrogens is 330 g/mol. The van der Waals surface area contributed by atoms with Crippen LogP contribution < -0.4 is 11.1 Å². The number of thioether (sulfide) groups is 1. The minimum Gasteiger partial charge on any atom is -0.395 e. The number of nitrogens with zero attached hydrogens (tertiary/aromatic N) is 2. The second-order valence-corrected chi connectivity index (χ2v) is 6.63. The Morgan fingerprint density at radius 3 is 2.71 bits per heavy atom. The van der Waals surface area contributed by atoms with Gasteiger partial charge in [-0.2, -0.15) is 11.8 Å². The molecule has 1 heterocycles. The Balaban J connectivity index is 2.01. The van der Waals surface area contributed by atoms with E-state index in [1.807, 2.05) is 43.5 Å². The number of aromatic nitrogens is 2. The van der Waals surface area contributed by atoms with Gasteiger partial charge >= 0.3 is 5.76 Å². The van der Waals surface area contributed by atoms with Gasteiger partial charge in [-0.15, -0.1) is 0 Å². The van der Waals surface area contributed by atoms with Crippen LogP contribution in [0.15, 0.2) is 39.6 Å². The van der Waals surface area contributed by atoms with Gasteiger partial charge in [0.25, 0.3) is 0 Å². The molecule has 1 aromatic heterocycles. The Morgan fingerprint density at radius 1 is 1.38 bits per heavy atom. The summed E-state index contributed by atoms with van der Waals surface area (Å²) in [5, 5.41) is 26.5. The number of nitrogens with one attached hydrogen (secondary N) is 1. The highest BCUT2D eigenvalue weighted by Crippen LogP contribution is 2.15. The zero-order chi connectivity index (χ0) is 17.5. The number of hydrogen-bond donors (Lipinski definition) is 3. The second-order valence-electron chi connectivity index (χ2n) is 5.56. The van der Waals surface area contributed by atoms with Crippen LogP contribution in [0.1, 0.15) is 6.92 Å². The predicted octanol–water partition coefficient (Wildman–Crippen LogP) is 0.566. The summed E-state index contributed by atoms with van der Waals surface area (Å²) in [4.78, 5) is 11.9. The maximum absolute atomic E-state index is 11.9. The van der Waals surface area contributed by atoms with E-state index >= 15 is 0 Å². The lowest BCUT2D eigenvalue weighted by molar-refractivity contribution is 0.143. The van der Waals surface area contributed by atoms with Gasteiger partial charge in [-0.05, 0) is 13.2 Å². The van der Waals surface area contributed by atoms with Crippen LogP contribution in [0, 0.1) is 0 Å². The average molecular weight is 353 g/mol. The molecule has 132 valence electrons. The number of rotatable bonds is 9. The van der Waals surface area contributed by atoms with Crippen LogP contribution in [-0.4, -0.2) is 56.7 Å². The second kappa shape index (κ2) is 9.03. The highest BCUT2D eigenvalue weighted by molar-refractivity contribution is 7.99. The summed E-state index contributed by atoms with van der Waals surface area (Å²) >= 11 is 1.56. The summed E-state index contributed by atoms with van der Waals surface area (Å²) < 4.78 is 6.06. The van der Waals surface area contributed by atoms with E-state index < -0.39 is 11.9 Å². The molecule has 7 nitrogen and oxygen atoms in total. The van der Waals surface area contributed by atoms with Crippen LogP contribution in [0.2, 0.25) is 0 Å². The molecular formula is C16H23N3O4S. The van der Waals surface area contributed by atoms with Crippen molar-refractivity contribution in [3.63, 3.8) is 0 Å². The third-order valence-corrected chi connectivity index (χ3v) is 4.99. The fourth-order valence-electron chi connectivity index (χ4n) is 2.39. The van der Waals surface area contributed by atoms with Crippen LogP contribution in [0.25, 0.3) is 11.4 Å². The first-order valence-electron chi connectivity index (χ1n) is 7.73. The zero-order valence-corrected chi connectivity index (χ0v) is 14.6. The molecule has 0 saturated heterocycles. The molecule has 0 saturated carbocycles. The number of aliphatic hydroxyl groups is 2. The summed E-state index contributed by atoms with van der Waals surface area (Å²) in [6, 6.07) is 9.24. The highest BCUT2D eigenvalue weighted by atomic mass is 32.2. The fourth-order valence-corrected chi connectivity index (χ4v) is 3.04. The van der Waals surface area contributed by atoms with Gasteiger partial charge in [-0.1, -0.05) is 35.5 Å². The van der Waals surface area contributed by atoms with Crippen LogP contribution in [0.3, 0.4) is 0 Å². The first-order chi connectivity index (χ1) is 11.6. The molecule has 0 aliphatic carbocycles. The molecule has 3 unspecified atom stereocenters. The van der Waals surface area contributed by atoms with Gasteiger partial charge in [-0.25, -0.2) is 4.79 Å². The van der Waals surface area contributed by atoms with E-state index in [2.05, 4.69) is 10.5 Å². The number of benzene rings is 1. The number of aliphatic hydroxyl groups excluding tert-OH is 2. The third kappa shape index (κ3) is 4.70. The summed E-state index contributed by atoms with van der Waals surface area (Å²) in [7, 11) is 0. The lowest BCUT2D eigenvalue weighted by Crippen LogP contribution is -2.42. The lowest BCUT2D eigenvalue weighted by atomic mass is 10.2. The molecule has 3 N–H and O–H groups in total. The Hall–Kier alpha value is -1.61. The van der Waals surface area contributed by atoms with E-state index in [9.17, 15) is 15.0 Å². The maximum atomic E-state index is 11.9. The van der Waals surface area contributed by atoms with Crippen LogP contribution >= 0.6 is 11.8 Å². The average Bonchev–Trinajstić information content (AvgIpc) is 2.95. The van der Waals surface area contributed by atoms with Crippen molar-refractivity contribution in [2.75, 3.05) is 19.4 Å². The van der Waals surface area contributed by atoms with E-state index in [0.29, 0.717) is 12.4 Å². The maximum Gasteiger partial charge on any atom is 0.441 e. The molecule has 1 aromatic carbocycles. The summed E-state index contributed by atoms with van der Waals surface area (Å²) in [5.41, 5.74) is 0.750. The van der Waals surface area contributed by atoms with Crippen LogP contribution in [0.4, 0.5) is 0 Å². The van der Waals surface area contributed by atoms with Crippen molar-refractivity contribution >= 4 is 11.8 Å². The van der Waals surface area contributed by atoms with E-state index in [4.69, 9.17) is 4.52 Å². The molecule has 0 fully saturated rings. The van der Waals surface area contributed by atoms with Crippen molar-refractivity contribution in [1.29, 1.82) is 0 Å². The Kier molecular flexibility index (Phi) is 7.04. The Labute approximate surface area is 144 Å². The van der Waals surface area contributed by atoms with Crippen molar-refractivity contribution in [3.05, 3.63) is 40.9 Å². The zero-order valence-electron chi connectivity index (χ0n) is 13.8. The van der Waals surface area contributed by atoms with Gasteiger partial charge < -0.3 is 15.5 Å². The minimum absolute atomic E-state index is 0.0347. The quantitative estimate of drug-likeness (QED) is 0.606. The number of hydrogen-bond acceptors (Lipinski definition) is 7. The van der Waals surface area contributed by atoms with Gasteiger partial charge in [0.1, 0.15) is 0 Å². The van der Waals surface area contributed by atoms with Crippen molar-refractivity contribution < 1.29 is 14.7 Å². The fraction of sp³-hybridized carbons (Fsp3) is 0.500. The SMILES string of the molecule is CSC(CO)C(C)NCC(O)Cn1c(-c2ccccc2)noc1=O. The van der Waals surface area contributed by atoms with Gasteiger partial charge in [0.05, 0.1) is 19.3 Å². The largest absolute Gasteiger partial charge is 0.441 e. The molecule has 0 spiro atoms. The summed E-state index contributed by atoms with van der Waals surface area (Å²) in [6.45, 7) is 2.39. The molecule has 0 aliphatic heterocycles. The minimum atomic E-state index is -0.784. The molecule has 0 bridgehead atoms.